The fourth-order valence-electron chi connectivity index (χ4n) is 1.41. The van der Waals surface area contributed by atoms with Crippen LogP contribution in [-0.4, -0.2) is 16.2 Å². The molecule has 0 spiro atoms. The lowest BCUT2D eigenvalue weighted by Gasteiger charge is -2.07. The Labute approximate surface area is 105 Å². The fourth-order valence-corrected chi connectivity index (χ4v) is 1.81. The summed E-state index contributed by atoms with van der Waals surface area (Å²) >= 11 is 3.34. The molecule has 0 aliphatic carbocycles. The minimum absolute atomic E-state index is 0.0645. The zero-order chi connectivity index (χ0) is 12.0. The summed E-state index contributed by atoms with van der Waals surface area (Å²) in [7, 11) is 0. The van der Waals surface area contributed by atoms with Crippen molar-refractivity contribution >= 4 is 27.5 Å². The lowest BCUT2D eigenvalue weighted by Crippen LogP contribution is -2.12. The van der Waals surface area contributed by atoms with Gasteiger partial charge in [-0.15, -0.1) is 0 Å². The zero-order valence-electron chi connectivity index (χ0n) is 9.72. The van der Waals surface area contributed by atoms with Crippen LogP contribution in [0.3, 0.4) is 0 Å². The van der Waals surface area contributed by atoms with Crippen molar-refractivity contribution in [2.24, 2.45) is 0 Å². The average Bonchev–Trinajstić information content (AvgIpc) is 2.23. The van der Waals surface area contributed by atoms with Crippen LogP contribution in [0, 0.1) is 13.8 Å². The highest BCUT2D eigenvalue weighted by molar-refractivity contribution is 9.09. The van der Waals surface area contributed by atoms with Gasteiger partial charge in [0.15, 0.2) is 0 Å². The first-order chi connectivity index (χ1) is 7.63. The molecule has 0 saturated carbocycles. The van der Waals surface area contributed by atoms with Crippen LogP contribution in [0.15, 0.2) is 12.1 Å². The lowest BCUT2D eigenvalue weighted by molar-refractivity contribution is -0.116. The monoisotopic (exact) mass is 284 g/mol. The predicted molar refractivity (Wildman–Crippen MR) is 70.0 cm³/mol. The summed E-state index contributed by atoms with van der Waals surface area (Å²) in [5.41, 5.74) is 2.65. The molecule has 0 unspecified atom stereocenters. The fraction of sp³-hybridized carbons (Fsp3) is 0.500. The zero-order valence-corrected chi connectivity index (χ0v) is 11.3. The summed E-state index contributed by atoms with van der Waals surface area (Å²) in [6, 6.07) is 3.81. The molecule has 16 heavy (non-hydrogen) atoms. The Bertz CT molecular complexity index is 366. The molecule has 0 atom stereocenters. The van der Waals surface area contributed by atoms with E-state index in [1.165, 1.54) is 0 Å². The number of halogens is 1. The molecule has 0 bridgehead atoms. The number of carbonyl (C=O) groups is 1. The van der Waals surface area contributed by atoms with Gasteiger partial charge >= 0.3 is 0 Å². The van der Waals surface area contributed by atoms with Gasteiger partial charge in [-0.1, -0.05) is 15.9 Å². The summed E-state index contributed by atoms with van der Waals surface area (Å²) in [6.45, 7) is 3.84. The van der Waals surface area contributed by atoms with Crippen molar-refractivity contribution < 1.29 is 4.79 Å². The van der Waals surface area contributed by atoms with E-state index in [0.29, 0.717) is 6.42 Å². The number of nitrogens with one attached hydrogen (secondary N) is 1. The minimum atomic E-state index is 0.0645. The van der Waals surface area contributed by atoms with Crippen LogP contribution in [-0.2, 0) is 4.79 Å². The Hall–Kier alpha value is -0.900. The molecule has 0 fully saturated rings. The molecule has 1 aromatic heterocycles. The van der Waals surface area contributed by atoms with Crippen LogP contribution >= 0.6 is 15.9 Å². The molecule has 0 aliphatic heterocycles. The first-order valence-corrected chi connectivity index (χ1v) is 6.55. The average molecular weight is 285 g/mol. The first-order valence-electron chi connectivity index (χ1n) is 5.43. The number of amides is 1. The van der Waals surface area contributed by atoms with E-state index in [1.54, 1.807) is 0 Å². The van der Waals surface area contributed by atoms with E-state index in [1.807, 2.05) is 26.0 Å². The van der Waals surface area contributed by atoms with Crippen molar-refractivity contribution in [3.05, 3.63) is 23.5 Å². The second kappa shape index (κ2) is 6.63. The number of aromatic nitrogens is 1. The maximum Gasteiger partial charge on any atom is 0.224 e. The Morgan fingerprint density at radius 2 is 2.12 bits per heavy atom. The number of alkyl halides is 1. The largest absolute Gasteiger partial charge is 0.325 e. The van der Waals surface area contributed by atoms with Gasteiger partial charge in [0.25, 0.3) is 0 Å². The van der Waals surface area contributed by atoms with Crippen LogP contribution < -0.4 is 5.32 Å². The normalized spacial score (nSPS) is 10.2. The van der Waals surface area contributed by atoms with E-state index in [9.17, 15) is 4.79 Å². The summed E-state index contributed by atoms with van der Waals surface area (Å²) in [5.74, 6) is 0.0645. The Balaban J connectivity index is 2.49. The van der Waals surface area contributed by atoms with Gasteiger partial charge < -0.3 is 5.32 Å². The van der Waals surface area contributed by atoms with Crippen molar-refractivity contribution in [1.82, 2.24) is 4.98 Å². The Morgan fingerprint density at radius 1 is 1.38 bits per heavy atom. The molecule has 0 saturated heterocycles. The molecule has 0 aliphatic rings. The predicted octanol–water partition coefficient (Wildman–Crippen LogP) is 3.20. The van der Waals surface area contributed by atoms with Crippen LogP contribution in [0.4, 0.5) is 5.69 Å². The quantitative estimate of drug-likeness (QED) is 0.666. The lowest BCUT2D eigenvalue weighted by atomic mass is 10.2. The molecular weight excluding hydrogens is 268 g/mol. The van der Waals surface area contributed by atoms with Crippen molar-refractivity contribution in [2.45, 2.75) is 33.1 Å². The molecule has 1 heterocycles. The van der Waals surface area contributed by atoms with Gasteiger partial charge in [0.1, 0.15) is 0 Å². The molecule has 3 nitrogen and oxygen atoms in total. The van der Waals surface area contributed by atoms with Crippen molar-refractivity contribution in [3.8, 4) is 0 Å². The molecule has 1 aromatic rings. The van der Waals surface area contributed by atoms with Crippen molar-refractivity contribution in [1.29, 1.82) is 0 Å². The van der Waals surface area contributed by atoms with Crippen molar-refractivity contribution in [3.63, 3.8) is 0 Å². The molecular formula is C12H17BrN2O. The number of anilines is 1. The molecule has 1 amide bonds. The van der Waals surface area contributed by atoms with Gasteiger partial charge in [0.2, 0.25) is 5.91 Å². The molecule has 1 rings (SSSR count). The van der Waals surface area contributed by atoms with E-state index in [4.69, 9.17) is 0 Å². The number of carbonyl (C=O) groups excluding carboxylic acids is 1. The highest BCUT2D eigenvalue weighted by Crippen LogP contribution is 2.13. The number of hydrogen-bond donors (Lipinski definition) is 1. The topological polar surface area (TPSA) is 42.0 Å². The summed E-state index contributed by atoms with van der Waals surface area (Å²) in [6.07, 6.45) is 2.51. The van der Waals surface area contributed by atoms with Gasteiger partial charge in [-0.25, -0.2) is 0 Å². The minimum Gasteiger partial charge on any atom is -0.325 e. The third-order valence-electron chi connectivity index (χ3n) is 2.29. The Kier molecular flexibility index (Phi) is 5.46. The van der Waals surface area contributed by atoms with Gasteiger partial charge in [0, 0.05) is 17.4 Å². The number of aryl methyl sites for hydroxylation is 2. The van der Waals surface area contributed by atoms with E-state index in [0.717, 1.165) is 35.2 Å². The van der Waals surface area contributed by atoms with Crippen molar-refractivity contribution in [2.75, 3.05) is 10.6 Å². The maximum atomic E-state index is 11.6. The number of hydrogen-bond acceptors (Lipinski definition) is 2. The number of pyridine rings is 1. The molecule has 1 N–H and O–H groups in total. The van der Waals surface area contributed by atoms with E-state index in [2.05, 4.69) is 26.2 Å². The summed E-state index contributed by atoms with van der Waals surface area (Å²) in [4.78, 5) is 15.9. The number of nitrogens with zero attached hydrogens (tertiary/aromatic N) is 1. The first kappa shape index (κ1) is 13.2. The number of rotatable bonds is 5. The summed E-state index contributed by atoms with van der Waals surface area (Å²) in [5, 5.41) is 3.83. The second-order valence-electron chi connectivity index (χ2n) is 3.78. The van der Waals surface area contributed by atoms with Crippen LogP contribution in [0.25, 0.3) is 0 Å². The summed E-state index contributed by atoms with van der Waals surface area (Å²) < 4.78 is 0. The molecule has 0 radical (unpaired) electrons. The second-order valence-corrected chi connectivity index (χ2v) is 4.57. The highest BCUT2D eigenvalue weighted by Gasteiger charge is 2.05. The van der Waals surface area contributed by atoms with E-state index >= 15 is 0 Å². The van der Waals surface area contributed by atoms with Crippen LogP contribution in [0.5, 0.6) is 0 Å². The smallest absolute Gasteiger partial charge is 0.224 e. The van der Waals surface area contributed by atoms with E-state index < -0.39 is 0 Å². The van der Waals surface area contributed by atoms with Crippen LogP contribution in [0.1, 0.15) is 30.7 Å². The van der Waals surface area contributed by atoms with Gasteiger partial charge in [-0.3, -0.25) is 9.78 Å². The highest BCUT2D eigenvalue weighted by atomic mass is 79.9. The molecule has 0 aromatic carbocycles. The SMILES string of the molecule is Cc1ccc(NC(=O)CCCCBr)c(C)n1. The van der Waals surface area contributed by atoms with Gasteiger partial charge in [-0.2, -0.15) is 0 Å². The van der Waals surface area contributed by atoms with Gasteiger partial charge in [-0.05, 0) is 38.8 Å². The third-order valence-corrected chi connectivity index (χ3v) is 2.85. The molecule has 88 valence electrons. The maximum absolute atomic E-state index is 11.6. The van der Waals surface area contributed by atoms with Crippen LogP contribution in [0.2, 0.25) is 0 Å². The number of unbranched alkanes of at least 4 members (excludes halogenated alkanes) is 1. The van der Waals surface area contributed by atoms with E-state index in [-0.39, 0.29) is 5.91 Å². The Morgan fingerprint density at radius 3 is 2.75 bits per heavy atom. The third kappa shape index (κ3) is 4.31. The van der Waals surface area contributed by atoms with Gasteiger partial charge in [0.05, 0.1) is 11.4 Å². The molecule has 4 heteroatoms. The standard InChI is InChI=1S/C12H17BrN2O/c1-9-6-7-11(10(2)14-9)15-12(16)5-3-4-8-13/h6-7H,3-5,8H2,1-2H3,(H,15,16).